The van der Waals surface area contributed by atoms with Crippen LogP contribution in [0, 0.1) is 6.92 Å². The summed E-state index contributed by atoms with van der Waals surface area (Å²) >= 11 is 0.742. The summed E-state index contributed by atoms with van der Waals surface area (Å²) in [4.78, 5) is 40.8. The number of carbonyl (C=O) groups excluding carboxylic acids is 3. The number of nitrogen functional groups attached to an aromatic ring is 1. The molecule has 0 unspecified atom stereocenters. The number of nitrogens with two attached hydrogens (primary N) is 2. The van der Waals surface area contributed by atoms with Gasteiger partial charge in [-0.25, -0.2) is 0 Å². The van der Waals surface area contributed by atoms with Crippen molar-refractivity contribution in [3.05, 3.63) is 58.5 Å². The SMILES string of the molecule is CCCCOc1ccc(N(C(=O)c2snc(C(N)=O)c2N)[C@H](C(=O)NC[C@H]2CCCO2)c2ccc(C)o2)cc1. The number of ether oxygens (including phenoxy) is 2. The highest BCUT2D eigenvalue weighted by Gasteiger charge is 2.38. The molecule has 12 heteroatoms. The number of hydrogen-bond acceptors (Lipinski definition) is 9. The number of furan rings is 1. The van der Waals surface area contributed by atoms with Crippen LogP contribution in [0.1, 0.15) is 70.3 Å². The second-order valence-electron chi connectivity index (χ2n) is 9.24. The van der Waals surface area contributed by atoms with E-state index in [1.807, 2.05) is 0 Å². The van der Waals surface area contributed by atoms with E-state index in [9.17, 15) is 14.4 Å². The first-order valence-electron chi connectivity index (χ1n) is 12.9. The zero-order valence-electron chi connectivity index (χ0n) is 22.0. The second-order valence-corrected chi connectivity index (χ2v) is 10.0. The van der Waals surface area contributed by atoms with E-state index in [2.05, 4.69) is 16.6 Å². The Kier molecular flexibility index (Phi) is 9.20. The van der Waals surface area contributed by atoms with Crippen LogP contribution in [-0.4, -0.2) is 48.0 Å². The van der Waals surface area contributed by atoms with Crippen LogP contribution in [0.2, 0.25) is 0 Å². The number of amides is 3. The largest absolute Gasteiger partial charge is 0.494 e. The number of carbonyl (C=O) groups is 3. The molecule has 4 rings (SSSR count). The van der Waals surface area contributed by atoms with Crippen LogP contribution >= 0.6 is 11.5 Å². The van der Waals surface area contributed by atoms with Crippen molar-refractivity contribution < 1.29 is 28.3 Å². The van der Waals surface area contributed by atoms with Gasteiger partial charge in [0.1, 0.15) is 22.1 Å². The summed E-state index contributed by atoms with van der Waals surface area (Å²) in [7, 11) is 0. The van der Waals surface area contributed by atoms with E-state index >= 15 is 0 Å². The minimum absolute atomic E-state index is 0.0210. The zero-order chi connectivity index (χ0) is 27.9. The van der Waals surface area contributed by atoms with E-state index < -0.39 is 23.8 Å². The van der Waals surface area contributed by atoms with Crippen molar-refractivity contribution in [2.75, 3.05) is 30.4 Å². The first kappa shape index (κ1) is 28.1. The Labute approximate surface area is 230 Å². The molecule has 1 aliphatic heterocycles. The van der Waals surface area contributed by atoms with Crippen LogP contribution in [0.5, 0.6) is 5.75 Å². The Morgan fingerprint density at radius 3 is 2.59 bits per heavy atom. The van der Waals surface area contributed by atoms with Gasteiger partial charge in [0.25, 0.3) is 17.7 Å². The molecule has 1 aliphatic rings. The first-order chi connectivity index (χ1) is 18.8. The molecule has 0 radical (unpaired) electrons. The number of aryl methyl sites for hydroxylation is 1. The average Bonchev–Trinajstić information content (AvgIpc) is 3.68. The van der Waals surface area contributed by atoms with Crippen molar-refractivity contribution in [2.24, 2.45) is 5.73 Å². The van der Waals surface area contributed by atoms with Gasteiger partial charge >= 0.3 is 0 Å². The number of primary amides is 1. The third-order valence-corrected chi connectivity index (χ3v) is 7.17. The molecular weight excluding hydrogens is 522 g/mol. The summed E-state index contributed by atoms with van der Waals surface area (Å²) in [6.07, 6.45) is 3.55. The maximum Gasteiger partial charge on any atom is 0.273 e. The van der Waals surface area contributed by atoms with Crippen LogP contribution in [0.15, 0.2) is 40.8 Å². The summed E-state index contributed by atoms with van der Waals surface area (Å²) in [5, 5.41) is 2.91. The van der Waals surface area contributed by atoms with Crippen molar-refractivity contribution in [3.8, 4) is 5.75 Å². The third-order valence-electron chi connectivity index (χ3n) is 6.32. The van der Waals surface area contributed by atoms with Crippen molar-refractivity contribution >= 4 is 40.6 Å². The van der Waals surface area contributed by atoms with Crippen molar-refractivity contribution in [1.82, 2.24) is 9.69 Å². The van der Waals surface area contributed by atoms with Gasteiger partial charge < -0.3 is 30.7 Å². The van der Waals surface area contributed by atoms with Crippen LogP contribution in [0.4, 0.5) is 11.4 Å². The number of aromatic nitrogens is 1. The monoisotopic (exact) mass is 555 g/mol. The van der Waals surface area contributed by atoms with Gasteiger partial charge in [-0.15, -0.1) is 0 Å². The molecule has 39 heavy (non-hydrogen) atoms. The fourth-order valence-electron chi connectivity index (χ4n) is 4.25. The smallest absolute Gasteiger partial charge is 0.273 e. The van der Waals surface area contributed by atoms with Gasteiger partial charge in [-0.05, 0) is 74.1 Å². The standard InChI is InChI=1S/C27H33N5O6S/c1-3-4-13-36-18-10-8-17(9-11-18)32(27(35)24-21(28)22(25(29)33)31-39-24)23(20-12-7-16(2)38-20)26(34)30-15-19-6-5-14-37-19/h7-12,19,23H,3-6,13-15,28H2,1-2H3,(H2,29,33)(H,30,34)/t19-,23+/m1/s1. The lowest BCUT2D eigenvalue weighted by Crippen LogP contribution is -2.45. The highest BCUT2D eigenvalue weighted by atomic mass is 32.1. The lowest BCUT2D eigenvalue weighted by atomic mass is 10.1. The van der Waals surface area contributed by atoms with Gasteiger partial charge in [0.05, 0.1) is 18.4 Å². The van der Waals surface area contributed by atoms with Crippen LogP contribution in [0.3, 0.4) is 0 Å². The molecule has 3 aromatic rings. The maximum absolute atomic E-state index is 14.1. The highest BCUT2D eigenvalue weighted by Crippen LogP contribution is 2.34. The quantitative estimate of drug-likeness (QED) is 0.286. The van der Waals surface area contributed by atoms with Crippen molar-refractivity contribution in [1.29, 1.82) is 0 Å². The molecule has 2 atom stereocenters. The van der Waals surface area contributed by atoms with E-state index in [4.69, 9.17) is 25.4 Å². The predicted octanol–water partition coefficient (Wildman–Crippen LogP) is 3.59. The van der Waals surface area contributed by atoms with Gasteiger partial charge in [-0.2, -0.15) is 4.37 Å². The molecule has 0 bridgehead atoms. The Morgan fingerprint density at radius 1 is 1.23 bits per heavy atom. The average molecular weight is 556 g/mol. The van der Waals surface area contributed by atoms with Crippen molar-refractivity contribution in [3.63, 3.8) is 0 Å². The Bertz CT molecular complexity index is 1300. The minimum atomic E-state index is -1.20. The number of unbranched alkanes of at least 4 members (excludes halogenated alkanes) is 1. The molecule has 3 heterocycles. The topological polar surface area (TPSA) is 163 Å². The summed E-state index contributed by atoms with van der Waals surface area (Å²) < 4.78 is 21.3. The highest BCUT2D eigenvalue weighted by molar-refractivity contribution is 7.09. The number of benzene rings is 1. The van der Waals surface area contributed by atoms with Crippen LogP contribution in [0.25, 0.3) is 0 Å². The Morgan fingerprint density at radius 2 is 2.00 bits per heavy atom. The molecule has 0 aliphatic carbocycles. The number of nitrogens with zero attached hydrogens (tertiary/aromatic N) is 2. The number of anilines is 2. The second kappa shape index (κ2) is 12.8. The Hall–Kier alpha value is -3.90. The predicted molar refractivity (Wildman–Crippen MR) is 147 cm³/mol. The number of nitrogens with one attached hydrogen (secondary N) is 1. The third kappa shape index (κ3) is 6.58. The van der Waals surface area contributed by atoms with E-state index in [-0.39, 0.29) is 34.7 Å². The molecular formula is C27H33N5O6S. The molecule has 208 valence electrons. The van der Waals surface area contributed by atoms with Crippen LogP contribution < -0.4 is 26.4 Å². The lowest BCUT2D eigenvalue weighted by Gasteiger charge is -2.30. The number of hydrogen-bond donors (Lipinski definition) is 3. The fraction of sp³-hybridized carbons (Fsp3) is 0.407. The van der Waals surface area contributed by atoms with Gasteiger partial charge in [-0.1, -0.05) is 13.3 Å². The van der Waals surface area contributed by atoms with E-state index in [0.717, 1.165) is 37.2 Å². The minimum Gasteiger partial charge on any atom is -0.494 e. The fourth-order valence-corrected chi connectivity index (χ4v) is 4.99. The molecule has 11 nitrogen and oxygen atoms in total. The lowest BCUT2D eigenvalue weighted by molar-refractivity contribution is -0.123. The van der Waals surface area contributed by atoms with Gasteiger partial charge in [0.15, 0.2) is 11.7 Å². The molecule has 2 aromatic heterocycles. The van der Waals surface area contributed by atoms with E-state index in [0.29, 0.717) is 30.4 Å². The molecule has 5 N–H and O–H groups in total. The molecule has 1 saturated heterocycles. The normalized spacial score (nSPS) is 15.6. The van der Waals surface area contributed by atoms with Gasteiger partial charge in [-0.3, -0.25) is 19.3 Å². The molecule has 1 aromatic carbocycles. The molecule has 0 saturated carbocycles. The van der Waals surface area contributed by atoms with Gasteiger partial charge in [0, 0.05) is 18.8 Å². The Balaban J connectivity index is 1.74. The molecule has 0 spiro atoms. The van der Waals surface area contributed by atoms with Crippen molar-refractivity contribution in [2.45, 2.75) is 51.7 Å². The first-order valence-corrected chi connectivity index (χ1v) is 13.6. The van der Waals surface area contributed by atoms with Gasteiger partial charge in [0.2, 0.25) is 0 Å². The molecule has 1 fully saturated rings. The summed E-state index contributed by atoms with van der Waals surface area (Å²) in [6, 6.07) is 8.99. The summed E-state index contributed by atoms with van der Waals surface area (Å²) in [5.41, 5.74) is 11.5. The van der Waals surface area contributed by atoms with E-state index in [1.54, 1.807) is 43.3 Å². The maximum atomic E-state index is 14.1. The summed E-state index contributed by atoms with van der Waals surface area (Å²) in [6.45, 7) is 5.32. The molecule has 3 amide bonds. The number of rotatable bonds is 12. The van der Waals surface area contributed by atoms with Crippen LogP contribution in [-0.2, 0) is 9.53 Å². The van der Waals surface area contributed by atoms with E-state index in [1.165, 1.54) is 4.90 Å². The summed E-state index contributed by atoms with van der Waals surface area (Å²) in [5.74, 6) is -0.496. The zero-order valence-corrected chi connectivity index (χ0v) is 22.8.